The summed E-state index contributed by atoms with van der Waals surface area (Å²) in [6.45, 7) is 7.45. The summed E-state index contributed by atoms with van der Waals surface area (Å²) < 4.78 is 9.74. The van der Waals surface area contributed by atoms with Crippen LogP contribution in [-0.4, -0.2) is 42.4 Å². The predicted molar refractivity (Wildman–Crippen MR) is 73.1 cm³/mol. The quantitative estimate of drug-likeness (QED) is 0.570. The molecule has 0 aliphatic carbocycles. The highest BCUT2D eigenvalue weighted by Gasteiger charge is 2.16. The molecule has 0 heterocycles. The van der Waals surface area contributed by atoms with Gasteiger partial charge in [-0.1, -0.05) is 15.9 Å². The predicted octanol–water partition coefficient (Wildman–Crippen LogP) is 1.95. The van der Waals surface area contributed by atoms with Crippen molar-refractivity contribution < 1.29 is 23.9 Å². The molecule has 0 aromatic rings. The number of carbonyl (C=O) groups excluding carboxylic acids is 2. The molecule has 19 heavy (non-hydrogen) atoms. The Balaban J connectivity index is 3.72. The zero-order valence-corrected chi connectivity index (χ0v) is 13.2. The van der Waals surface area contributed by atoms with Crippen molar-refractivity contribution >= 4 is 28.1 Å². The minimum absolute atomic E-state index is 0.202. The lowest BCUT2D eigenvalue weighted by molar-refractivity contribution is -0.0149. The van der Waals surface area contributed by atoms with Gasteiger partial charge in [0, 0.05) is 11.9 Å². The standard InChI is InChI=1S/C11H21BrN2O5/c1-8(19-14-10(16)17-6-5-12)7-13-9(15)18-11(2,3)4/h8H,5-7H2,1-4H3,(H,13,15)(H,14,16)/t8-/m0/s1. The molecule has 0 aromatic carbocycles. The van der Waals surface area contributed by atoms with Gasteiger partial charge >= 0.3 is 12.2 Å². The van der Waals surface area contributed by atoms with Gasteiger partial charge in [0.05, 0.1) is 0 Å². The maximum Gasteiger partial charge on any atom is 0.431 e. The van der Waals surface area contributed by atoms with Crippen LogP contribution in [0.25, 0.3) is 0 Å². The van der Waals surface area contributed by atoms with Crippen molar-refractivity contribution in [1.29, 1.82) is 0 Å². The highest BCUT2D eigenvalue weighted by atomic mass is 79.9. The van der Waals surface area contributed by atoms with Crippen molar-refractivity contribution in [1.82, 2.24) is 10.8 Å². The maximum absolute atomic E-state index is 11.3. The molecule has 2 amide bonds. The molecule has 0 aliphatic rings. The lowest BCUT2D eigenvalue weighted by Crippen LogP contribution is -2.39. The van der Waals surface area contributed by atoms with E-state index in [0.717, 1.165) is 0 Å². The summed E-state index contributed by atoms with van der Waals surface area (Å²) in [7, 11) is 0. The van der Waals surface area contributed by atoms with Crippen LogP contribution in [0, 0.1) is 0 Å². The fourth-order valence-electron chi connectivity index (χ4n) is 0.892. The monoisotopic (exact) mass is 340 g/mol. The van der Waals surface area contributed by atoms with E-state index in [-0.39, 0.29) is 13.2 Å². The zero-order valence-electron chi connectivity index (χ0n) is 11.6. The number of amides is 2. The van der Waals surface area contributed by atoms with Crippen molar-refractivity contribution in [3.63, 3.8) is 0 Å². The van der Waals surface area contributed by atoms with Gasteiger partial charge in [0.2, 0.25) is 0 Å². The van der Waals surface area contributed by atoms with Crippen molar-refractivity contribution in [2.75, 3.05) is 18.5 Å². The van der Waals surface area contributed by atoms with Crippen LogP contribution in [0.4, 0.5) is 9.59 Å². The highest BCUT2D eigenvalue weighted by molar-refractivity contribution is 9.09. The minimum Gasteiger partial charge on any atom is -0.447 e. The molecule has 0 fully saturated rings. The van der Waals surface area contributed by atoms with E-state index in [1.807, 2.05) is 0 Å². The van der Waals surface area contributed by atoms with Gasteiger partial charge < -0.3 is 14.8 Å². The van der Waals surface area contributed by atoms with E-state index in [0.29, 0.717) is 5.33 Å². The second-order valence-electron chi connectivity index (χ2n) is 4.74. The number of rotatable bonds is 6. The Bertz CT molecular complexity index is 293. The van der Waals surface area contributed by atoms with Crippen LogP contribution < -0.4 is 10.8 Å². The third kappa shape index (κ3) is 11.8. The number of nitrogens with one attached hydrogen (secondary N) is 2. The van der Waals surface area contributed by atoms with Gasteiger partial charge in [-0.15, -0.1) is 0 Å². The zero-order chi connectivity index (χ0) is 14.9. The fourth-order valence-corrected chi connectivity index (χ4v) is 1.05. The van der Waals surface area contributed by atoms with Gasteiger partial charge in [0.15, 0.2) is 0 Å². The maximum atomic E-state index is 11.3. The van der Waals surface area contributed by atoms with Crippen molar-refractivity contribution in [2.24, 2.45) is 0 Å². The van der Waals surface area contributed by atoms with Gasteiger partial charge in [-0.3, -0.25) is 4.84 Å². The molecule has 0 aliphatic heterocycles. The first-order valence-corrected chi connectivity index (χ1v) is 6.98. The molecule has 7 nitrogen and oxygen atoms in total. The minimum atomic E-state index is -0.677. The van der Waals surface area contributed by atoms with Gasteiger partial charge in [-0.2, -0.15) is 5.48 Å². The van der Waals surface area contributed by atoms with Crippen LogP contribution in [0.1, 0.15) is 27.7 Å². The Kier molecular flexibility index (Phi) is 8.49. The molecule has 0 unspecified atom stereocenters. The van der Waals surface area contributed by atoms with Crippen LogP contribution in [0.15, 0.2) is 0 Å². The molecular formula is C11H21BrN2O5. The Morgan fingerprint density at radius 2 is 1.89 bits per heavy atom. The molecule has 0 rings (SSSR count). The van der Waals surface area contributed by atoms with Gasteiger partial charge in [-0.05, 0) is 27.7 Å². The second-order valence-corrected chi connectivity index (χ2v) is 5.53. The average Bonchev–Trinajstić information content (AvgIpc) is 2.29. The van der Waals surface area contributed by atoms with E-state index < -0.39 is 23.9 Å². The highest BCUT2D eigenvalue weighted by Crippen LogP contribution is 2.06. The molecular weight excluding hydrogens is 320 g/mol. The van der Waals surface area contributed by atoms with Crippen molar-refractivity contribution in [2.45, 2.75) is 39.4 Å². The summed E-state index contributed by atoms with van der Waals surface area (Å²) in [5, 5.41) is 3.07. The number of alkyl halides is 1. The molecule has 0 radical (unpaired) electrons. The third-order valence-electron chi connectivity index (χ3n) is 1.59. The number of hydrogen-bond donors (Lipinski definition) is 2. The Morgan fingerprint density at radius 3 is 2.42 bits per heavy atom. The van der Waals surface area contributed by atoms with E-state index in [1.54, 1.807) is 27.7 Å². The Hall–Kier alpha value is -1.02. The van der Waals surface area contributed by atoms with Crippen LogP contribution >= 0.6 is 15.9 Å². The van der Waals surface area contributed by atoms with Gasteiger partial charge in [-0.25, -0.2) is 9.59 Å². The summed E-state index contributed by atoms with van der Waals surface area (Å²) in [6, 6.07) is 0. The third-order valence-corrected chi connectivity index (χ3v) is 1.91. The SMILES string of the molecule is C[C@@H](CNC(=O)OC(C)(C)C)ONC(=O)OCCBr. The molecule has 112 valence electrons. The molecule has 0 saturated carbocycles. The number of ether oxygens (including phenoxy) is 2. The molecule has 0 saturated heterocycles. The number of hydrogen-bond acceptors (Lipinski definition) is 5. The fraction of sp³-hybridized carbons (Fsp3) is 0.818. The van der Waals surface area contributed by atoms with Crippen molar-refractivity contribution in [3.8, 4) is 0 Å². The summed E-state index contributed by atoms with van der Waals surface area (Å²) in [5.74, 6) is 0. The number of hydroxylamine groups is 1. The smallest absolute Gasteiger partial charge is 0.431 e. The second kappa shape index (κ2) is 8.98. The Morgan fingerprint density at radius 1 is 1.26 bits per heavy atom. The summed E-state index contributed by atoms with van der Waals surface area (Å²) in [4.78, 5) is 27.3. The summed E-state index contributed by atoms with van der Waals surface area (Å²) in [6.07, 6.45) is -1.63. The number of halogens is 1. The molecule has 1 atom stereocenters. The topological polar surface area (TPSA) is 85.9 Å². The van der Waals surface area contributed by atoms with E-state index in [2.05, 4.69) is 26.7 Å². The normalized spacial score (nSPS) is 12.5. The van der Waals surface area contributed by atoms with E-state index in [4.69, 9.17) is 14.3 Å². The molecule has 0 aromatic heterocycles. The first kappa shape index (κ1) is 18.0. The lowest BCUT2D eigenvalue weighted by atomic mass is 10.2. The number of carbonyl (C=O) groups is 2. The molecule has 2 N–H and O–H groups in total. The van der Waals surface area contributed by atoms with Crippen molar-refractivity contribution in [3.05, 3.63) is 0 Å². The lowest BCUT2D eigenvalue weighted by Gasteiger charge is -2.20. The van der Waals surface area contributed by atoms with Crippen LogP contribution in [0.2, 0.25) is 0 Å². The molecule has 0 spiro atoms. The first-order valence-electron chi connectivity index (χ1n) is 5.86. The first-order chi connectivity index (χ1) is 8.74. The molecule has 0 bridgehead atoms. The van der Waals surface area contributed by atoms with E-state index >= 15 is 0 Å². The summed E-state index contributed by atoms with van der Waals surface area (Å²) >= 11 is 3.12. The van der Waals surface area contributed by atoms with Crippen LogP contribution in [-0.2, 0) is 14.3 Å². The summed E-state index contributed by atoms with van der Waals surface area (Å²) in [5.41, 5.74) is 1.57. The van der Waals surface area contributed by atoms with Crippen LogP contribution in [0.3, 0.4) is 0 Å². The van der Waals surface area contributed by atoms with E-state index in [1.165, 1.54) is 0 Å². The average molecular weight is 341 g/mol. The molecule has 8 heteroatoms. The van der Waals surface area contributed by atoms with Gasteiger partial charge in [0.25, 0.3) is 0 Å². The largest absolute Gasteiger partial charge is 0.447 e. The Labute approximate surface area is 121 Å². The van der Waals surface area contributed by atoms with E-state index in [9.17, 15) is 9.59 Å². The van der Waals surface area contributed by atoms with Gasteiger partial charge in [0.1, 0.15) is 18.3 Å². The number of alkyl carbamates (subject to hydrolysis) is 1. The van der Waals surface area contributed by atoms with Crippen LogP contribution in [0.5, 0.6) is 0 Å².